The lowest BCUT2D eigenvalue weighted by Crippen LogP contribution is -1.92. The predicted molar refractivity (Wildman–Crippen MR) is 56.5 cm³/mol. The Labute approximate surface area is 83.9 Å². The van der Waals surface area contributed by atoms with Crippen LogP contribution in [0.1, 0.15) is 30.1 Å². The van der Waals surface area contributed by atoms with Gasteiger partial charge in [-0.1, -0.05) is 31.6 Å². The first-order valence-corrected chi connectivity index (χ1v) is 4.74. The van der Waals surface area contributed by atoms with E-state index >= 15 is 0 Å². The number of unbranched alkanes of at least 4 members (excludes halogenated alkanes) is 1. The van der Waals surface area contributed by atoms with Crippen molar-refractivity contribution in [2.24, 2.45) is 0 Å². The molecule has 0 saturated carbocycles. The molecule has 0 radical (unpaired) electrons. The molecule has 0 unspecified atom stereocenters. The van der Waals surface area contributed by atoms with Crippen molar-refractivity contribution in [2.75, 3.05) is 0 Å². The van der Waals surface area contributed by atoms with Crippen LogP contribution in [0.2, 0.25) is 0 Å². The average molecular weight is 190 g/mol. The minimum Gasteiger partial charge on any atom is -0.508 e. The molecule has 0 atom stereocenters. The Morgan fingerprint density at radius 1 is 1.50 bits per heavy atom. The van der Waals surface area contributed by atoms with Gasteiger partial charge in [-0.3, -0.25) is 4.79 Å². The quantitative estimate of drug-likeness (QED) is 0.585. The van der Waals surface area contributed by atoms with Crippen molar-refractivity contribution in [3.8, 4) is 5.75 Å². The Kier molecular flexibility index (Phi) is 3.92. The lowest BCUT2D eigenvalue weighted by atomic mass is 10.1. The molecule has 14 heavy (non-hydrogen) atoms. The summed E-state index contributed by atoms with van der Waals surface area (Å²) in [5, 5.41) is 9.16. The van der Waals surface area contributed by atoms with Gasteiger partial charge in [0.05, 0.1) is 0 Å². The van der Waals surface area contributed by atoms with Gasteiger partial charge in [-0.2, -0.15) is 0 Å². The van der Waals surface area contributed by atoms with Gasteiger partial charge in [-0.05, 0) is 24.6 Å². The first kappa shape index (κ1) is 10.5. The molecule has 0 bridgehead atoms. The molecule has 1 N–H and O–H groups in total. The third-order valence-electron chi connectivity index (χ3n) is 1.86. The number of carbonyl (C=O) groups is 1. The molecule has 2 nitrogen and oxygen atoms in total. The first-order chi connectivity index (χ1) is 6.74. The van der Waals surface area contributed by atoms with Gasteiger partial charge >= 0.3 is 0 Å². The van der Waals surface area contributed by atoms with Crippen molar-refractivity contribution in [2.45, 2.75) is 19.8 Å². The van der Waals surface area contributed by atoms with Crippen LogP contribution in [-0.4, -0.2) is 10.9 Å². The zero-order valence-corrected chi connectivity index (χ0v) is 8.23. The minimum atomic E-state index is -0.0608. The molecule has 0 saturated heterocycles. The third kappa shape index (κ3) is 3.05. The molecule has 0 heterocycles. The minimum absolute atomic E-state index is 0.0608. The number of aromatic hydroxyl groups is 1. The highest BCUT2D eigenvalue weighted by Gasteiger charge is 2.00. The molecule has 1 aromatic rings. The molecule has 1 aromatic carbocycles. The summed E-state index contributed by atoms with van der Waals surface area (Å²) in [5.41, 5.74) is 0.525. The van der Waals surface area contributed by atoms with Gasteiger partial charge in [-0.15, -0.1) is 0 Å². The molecule has 0 spiro atoms. The number of hydrogen-bond donors (Lipinski definition) is 1. The van der Waals surface area contributed by atoms with Crippen LogP contribution >= 0.6 is 0 Å². The fourth-order valence-corrected chi connectivity index (χ4v) is 1.11. The van der Waals surface area contributed by atoms with E-state index in [1.54, 1.807) is 24.3 Å². The molecule has 0 aliphatic heterocycles. The topological polar surface area (TPSA) is 37.3 Å². The van der Waals surface area contributed by atoms with Crippen LogP contribution in [0.4, 0.5) is 0 Å². The van der Waals surface area contributed by atoms with Crippen molar-refractivity contribution in [3.05, 3.63) is 42.0 Å². The zero-order chi connectivity index (χ0) is 10.4. The maximum atomic E-state index is 11.5. The van der Waals surface area contributed by atoms with Crippen molar-refractivity contribution in [3.63, 3.8) is 0 Å². The Bertz CT molecular complexity index is 340. The summed E-state index contributed by atoms with van der Waals surface area (Å²) in [7, 11) is 0. The monoisotopic (exact) mass is 190 g/mol. The average Bonchev–Trinajstić information content (AvgIpc) is 2.18. The van der Waals surface area contributed by atoms with E-state index in [1.165, 1.54) is 6.07 Å². The van der Waals surface area contributed by atoms with E-state index in [0.29, 0.717) is 5.56 Å². The van der Waals surface area contributed by atoms with Crippen molar-refractivity contribution < 1.29 is 9.90 Å². The summed E-state index contributed by atoms with van der Waals surface area (Å²) in [4.78, 5) is 11.5. The molecular formula is C12H14O2. The Hall–Kier alpha value is -1.57. The van der Waals surface area contributed by atoms with Crippen LogP contribution in [0.3, 0.4) is 0 Å². The van der Waals surface area contributed by atoms with E-state index in [-0.39, 0.29) is 11.5 Å². The first-order valence-electron chi connectivity index (χ1n) is 4.74. The van der Waals surface area contributed by atoms with Crippen molar-refractivity contribution >= 4 is 5.78 Å². The van der Waals surface area contributed by atoms with Crippen LogP contribution < -0.4 is 0 Å². The number of rotatable bonds is 4. The third-order valence-corrected chi connectivity index (χ3v) is 1.86. The second kappa shape index (κ2) is 5.22. The lowest BCUT2D eigenvalue weighted by molar-refractivity contribution is 0.104. The summed E-state index contributed by atoms with van der Waals surface area (Å²) >= 11 is 0. The van der Waals surface area contributed by atoms with Gasteiger partial charge in [0.15, 0.2) is 5.78 Å². The number of ketones is 1. The second-order valence-electron chi connectivity index (χ2n) is 3.11. The van der Waals surface area contributed by atoms with Crippen molar-refractivity contribution in [1.29, 1.82) is 0 Å². The Morgan fingerprint density at radius 3 is 2.93 bits per heavy atom. The van der Waals surface area contributed by atoms with E-state index in [2.05, 4.69) is 6.92 Å². The second-order valence-corrected chi connectivity index (χ2v) is 3.11. The standard InChI is InChI=1S/C12H14O2/c1-2-3-4-8-12(14)10-6-5-7-11(13)9-10/h4-9,13H,2-3H2,1H3/b8-4+. The summed E-state index contributed by atoms with van der Waals surface area (Å²) < 4.78 is 0. The predicted octanol–water partition coefficient (Wildman–Crippen LogP) is 2.93. The van der Waals surface area contributed by atoms with Gasteiger partial charge in [0.1, 0.15) is 5.75 Å². The van der Waals surface area contributed by atoms with Crippen LogP contribution in [0, 0.1) is 0 Å². The molecule has 1 rings (SSSR count). The van der Waals surface area contributed by atoms with E-state index in [0.717, 1.165) is 12.8 Å². The lowest BCUT2D eigenvalue weighted by Gasteiger charge is -1.96. The van der Waals surface area contributed by atoms with Crippen LogP contribution in [0.25, 0.3) is 0 Å². The Morgan fingerprint density at radius 2 is 2.29 bits per heavy atom. The van der Waals surface area contributed by atoms with Gasteiger partial charge < -0.3 is 5.11 Å². The summed E-state index contributed by atoms with van der Waals surface area (Å²) in [6.45, 7) is 2.06. The summed E-state index contributed by atoms with van der Waals surface area (Å²) in [5.74, 6) is 0.0640. The Balaban J connectivity index is 2.70. The number of phenolic OH excluding ortho intramolecular Hbond substituents is 1. The van der Waals surface area contributed by atoms with Gasteiger partial charge in [0.25, 0.3) is 0 Å². The highest BCUT2D eigenvalue weighted by molar-refractivity contribution is 6.04. The molecule has 2 heteroatoms. The highest BCUT2D eigenvalue weighted by Crippen LogP contribution is 2.11. The zero-order valence-electron chi connectivity index (χ0n) is 8.23. The molecule has 0 aliphatic carbocycles. The van der Waals surface area contributed by atoms with Gasteiger partial charge in [-0.25, -0.2) is 0 Å². The SMILES string of the molecule is CCC/C=C/C(=O)c1cccc(O)c1. The highest BCUT2D eigenvalue weighted by atomic mass is 16.3. The molecule has 74 valence electrons. The molecule has 0 fully saturated rings. The molecular weight excluding hydrogens is 176 g/mol. The maximum absolute atomic E-state index is 11.5. The van der Waals surface area contributed by atoms with Crippen LogP contribution in [-0.2, 0) is 0 Å². The van der Waals surface area contributed by atoms with Gasteiger partial charge in [0, 0.05) is 5.56 Å². The molecule has 0 amide bonds. The number of hydrogen-bond acceptors (Lipinski definition) is 2. The summed E-state index contributed by atoms with van der Waals surface area (Å²) in [6.07, 6.45) is 5.35. The number of carbonyl (C=O) groups excluding carboxylic acids is 1. The fourth-order valence-electron chi connectivity index (χ4n) is 1.11. The van der Waals surface area contributed by atoms with E-state index < -0.39 is 0 Å². The smallest absolute Gasteiger partial charge is 0.185 e. The maximum Gasteiger partial charge on any atom is 0.185 e. The molecule has 0 aromatic heterocycles. The van der Waals surface area contributed by atoms with Gasteiger partial charge in [0.2, 0.25) is 0 Å². The molecule has 0 aliphatic rings. The van der Waals surface area contributed by atoms with Crippen molar-refractivity contribution in [1.82, 2.24) is 0 Å². The van der Waals surface area contributed by atoms with E-state index in [9.17, 15) is 4.79 Å². The number of phenols is 1. The normalized spacial score (nSPS) is 10.6. The van der Waals surface area contributed by atoms with E-state index in [4.69, 9.17) is 5.11 Å². The number of allylic oxidation sites excluding steroid dienone is 2. The van der Waals surface area contributed by atoms with Crippen LogP contribution in [0.5, 0.6) is 5.75 Å². The van der Waals surface area contributed by atoms with Crippen LogP contribution in [0.15, 0.2) is 36.4 Å². The van der Waals surface area contributed by atoms with E-state index in [1.807, 2.05) is 6.08 Å². The number of benzene rings is 1. The fraction of sp³-hybridized carbons (Fsp3) is 0.250. The summed E-state index contributed by atoms with van der Waals surface area (Å²) in [6, 6.07) is 6.37. The largest absolute Gasteiger partial charge is 0.508 e.